The number of aromatic nitrogens is 1. The number of nitrogens with zero attached hydrogens (tertiary/aromatic N) is 2. The first kappa shape index (κ1) is 22.0. The van der Waals surface area contributed by atoms with Crippen LogP contribution in [-0.4, -0.2) is 37.6 Å². The fourth-order valence-corrected chi connectivity index (χ4v) is 3.80. The van der Waals surface area contributed by atoms with Crippen molar-refractivity contribution in [3.8, 4) is 11.5 Å². The molecule has 7 nitrogen and oxygen atoms in total. The minimum atomic E-state index is -0.661. The topological polar surface area (TPSA) is 98.8 Å². The largest absolute Gasteiger partial charge is 0.497 e. The maximum absolute atomic E-state index is 13.7. The third-order valence-electron chi connectivity index (χ3n) is 4.61. The second-order valence-electron chi connectivity index (χ2n) is 6.54. The number of carbonyl (C=O) groups is 1. The molecule has 0 amide bonds. The van der Waals surface area contributed by atoms with Crippen molar-refractivity contribution in [2.24, 2.45) is 10.7 Å². The highest BCUT2D eigenvalue weighted by Gasteiger charge is 2.27. The third kappa shape index (κ3) is 5.10. The number of hydrogen-bond donors (Lipinski definition) is 2. The summed E-state index contributed by atoms with van der Waals surface area (Å²) in [7, 11) is 4.80. The smallest absolute Gasteiger partial charge is 0.192 e. The number of hydrogen-bond acceptors (Lipinski definition) is 8. The van der Waals surface area contributed by atoms with Crippen molar-refractivity contribution in [1.82, 2.24) is 4.37 Å². The molecule has 3 rings (SSSR count). The first-order valence-corrected chi connectivity index (χ1v) is 10.3. The van der Waals surface area contributed by atoms with Gasteiger partial charge in [0.05, 0.1) is 25.5 Å². The minimum absolute atomic E-state index is 0.138. The van der Waals surface area contributed by atoms with Crippen LogP contribution in [0.3, 0.4) is 0 Å². The van der Waals surface area contributed by atoms with Gasteiger partial charge in [0.1, 0.15) is 17.5 Å². The van der Waals surface area contributed by atoms with E-state index in [1.54, 1.807) is 38.9 Å². The number of rotatable bonds is 9. The molecule has 1 heterocycles. The number of nitrogens with two attached hydrogens (primary N) is 1. The van der Waals surface area contributed by atoms with E-state index >= 15 is 0 Å². The molecule has 1 aromatic heterocycles. The second-order valence-corrected chi connectivity index (χ2v) is 7.17. The number of ketones is 1. The molecule has 0 aliphatic carbocycles. The Morgan fingerprint density at radius 1 is 1.16 bits per heavy atom. The van der Waals surface area contributed by atoms with Crippen molar-refractivity contribution in [2.75, 3.05) is 26.6 Å². The minimum Gasteiger partial charge on any atom is -0.497 e. The lowest BCUT2D eigenvalue weighted by atomic mass is 9.96. The number of Topliss-reactive ketones (excluding diaryl/α,β-unsaturated/α-hetero) is 1. The van der Waals surface area contributed by atoms with E-state index in [2.05, 4.69) is 14.7 Å². The summed E-state index contributed by atoms with van der Waals surface area (Å²) in [5.41, 5.74) is 8.82. The molecule has 2 aromatic carbocycles. The number of carbonyl (C=O) groups excluding carboxylic acids is 1. The van der Waals surface area contributed by atoms with Crippen LogP contribution < -0.4 is 20.5 Å². The van der Waals surface area contributed by atoms with E-state index in [4.69, 9.17) is 15.2 Å². The van der Waals surface area contributed by atoms with Gasteiger partial charge in [0.15, 0.2) is 5.78 Å². The molecule has 0 saturated carbocycles. The van der Waals surface area contributed by atoms with E-state index in [0.29, 0.717) is 34.0 Å². The van der Waals surface area contributed by atoms with Crippen LogP contribution in [0.15, 0.2) is 65.1 Å². The molecule has 31 heavy (non-hydrogen) atoms. The first-order valence-electron chi connectivity index (χ1n) is 9.48. The molecule has 3 aromatic rings. The van der Waals surface area contributed by atoms with Gasteiger partial charge in [0.25, 0.3) is 0 Å². The lowest BCUT2D eigenvalue weighted by Crippen LogP contribution is -2.22. The van der Waals surface area contributed by atoms with Crippen LogP contribution >= 0.6 is 11.5 Å². The number of methoxy groups -OCH3 is 2. The molecule has 3 N–H and O–H groups in total. The molecular formula is C23H24N4O3S. The summed E-state index contributed by atoms with van der Waals surface area (Å²) in [5.74, 6) is 1.10. The van der Waals surface area contributed by atoms with Gasteiger partial charge in [0.2, 0.25) is 0 Å². The van der Waals surface area contributed by atoms with Gasteiger partial charge in [-0.1, -0.05) is 30.3 Å². The normalized spacial score (nSPS) is 12.5. The number of anilines is 1. The molecule has 8 heteroatoms. The molecule has 0 spiro atoms. The average molecular weight is 437 g/mol. The summed E-state index contributed by atoms with van der Waals surface area (Å²) in [6.45, 7) is 0. The number of ether oxygens (including phenoxy) is 2. The molecule has 0 aliphatic heterocycles. The molecule has 0 saturated heterocycles. The van der Waals surface area contributed by atoms with Crippen LogP contribution in [0.25, 0.3) is 5.57 Å². The van der Waals surface area contributed by atoms with E-state index in [1.807, 2.05) is 42.5 Å². The molecule has 1 unspecified atom stereocenters. The van der Waals surface area contributed by atoms with Crippen molar-refractivity contribution in [1.29, 1.82) is 0 Å². The first-order chi connectivity index (χ1) is 15.1. The maximum Gasteiger partial charge on any atom is 0.192 e. The summed E-state index contributed by atoms with van der Waals surface area (Å²) >= 11 is 1.20. The Kier molecular flexibility index (Phi) is 7.40. The van der Waals surface area contributed by atoms with Crippen molar-refractivity contribution in [3.63, 3.8) is 0 Å². The highest BCUT2D eigenvalue weighted by Crippen LogP contribution is 2.31. The summed E-state index contributed by atoms with van der Waals surface area (Å²) in [4.78, 5) is 17.7. The Morgan fingerprint density at radius 2 is 1.84 bits per heavy atom. The monoisotopic (exact) mass is 436 g/mol. The summed E-state index contributed by atoms with van der Waals surface area (Å²) < 4.78 is 15.1. The van der Waals surface area contributed by atoms with Gasteiger partial charge in [-0.3, -0.25) is 9.79 Å². The van der Waals surface area contributed by atoms with Crippen LogP contribution in [0.5, 0.6) is 11.5 Å². The van der Waals surface area contributed by atoms with Gasteiger partial charge in [-0.05, 0) is 17.1 Å². The zero-order chi connectivity index (χ0) is 22.2. The van der Waals surface area contributed by atoms with Gasteiger partial charge >= 0.3 is 0 Å². The van der Waals surface area contributed by atoms with Crippen LogP contribution in [-0.2, 0) is 0 Å². The van der Waals surface area contributed by atoms with Crippen molar-refractivity contribution < 1.29 is 14.3 Å². The van der Waals surface area contributed by atoms with Gasteiger partial charge in [0, 0.05) is 54.3 Å². The predicted molar refractivity (Wildman–Crippen MR) is 125 cm³/mol. The maximum atomic E-state index is 13.7. The Morgan fingerprint density at radius 3 is 2.42 bits per heavy atom. The van der Waals surface area contributed by atoms with Crippen LogP contribution in [0.4, 0.5) is 5.69 Å². The van der Waals surface area contributed by atoms with Crippen molar-refractivity contribution in [3.05, 3.63) is 76.9 Å². The SMILES string of the molecule is CN=CC(=CN)c1nscc1C(=O)C(Nc1cc(OC)cc(OC)c1)c1ccccc1. The van der Waals surface area contributed by atoms with Crippen LogP contribution in [0.2, 0.25) is 0 Å². The van der Waals surface area contributed by atoms with Crippen molar-refractivity contribution in [2.45, 2.75) is 6.04 Å². The zero-order valence-corrected chi connectivity index (χ0v) is 18.3. The Balaban J connectivity index is 2.04. The molecule has 160 valence electrons. The van der Waals surface area contributed by atoms with E-state index in [0.717, 1.165) is 5.56 Å². The van der Waals surface area contributed by atoms with E-state index < -0.39 is 6.04 Å². The molecule has 1 atom stereocenters. The third-order valence-corrected chi connectivity index (χ3v) is 5.24. The van der Waals surface area contributed by atoms with E-state index in [9.17, 15) is 4.79 Å². The number of aliphatic imine (C=N–C) groups is 1. The van der Waals surface area contributed by atoms with E-state index in [-0.39, 0.29) is 5.78 Å². The van der Waals surface area contributed by atoms with Crippen molar-refractivity contribution >= 4 is 34.8 Å². The second kappa shape index (κ2) is 10.4. The van der Waals surface area contributed by atoms with Gasteiger partial charge in [-0.25, -0.2) is 0 Å². The lowest BCUT2D eigenvalue weighted by molar-refractivity contribution is 0.0969. The fraction of sp³-hybridized carbons (Fsp3) is 0.174. The average Bonchev–Trinajstić information content (AvgIpc) is 3.30. The lowest BCUT2D eigenvalue weighted by Gasteiger charge is -2.20. The fourth-order valence-electron chi connectivity index (χ4n) is 3.10. The van der Waals surface area contributed by atoms with E-state index in [1.165, 1.54) is 17.7 Å². The molecule has 0 bridgehead atoms. The number of benzene rings is 2. The van der Waals surface area contributed by atoms with Gasteiger partial charge in [-0.2, -0.15) is 4.37 Å². The summed E-state index contributed by atoms with van der Waals surface area (Å²) in [6.07, 6.45) is 2.99. The summed E-state index contributed by atoms with van der Waals surface area (Å²) in [6, 6.07) is 14.2. The molecule has 0 fully saturated rings. The standard InChI is InChI=1S/C23H24N4O3S/c1-25-13-16(12-24)21-20(14-31-27-21)23(28)22(15-7-5-4-6-8-15)26-17-9-18(29-2)11-19(10-17)30-3/h4-14,22,26H,24H2,1-3H3. The molecule has 0 radical (unpaired) electrons. The zero-order valence-electron chi connectivity index (χ0n) is 17.5. The highest BCUT2D eigenvalue weighted by atomic mass is 32.1. The molecular weight excluding hydrogens is 412 g/mol. The quantitative estimate of drug-likeness (QED) is 0.385. The Bertz CT molecular complexity index is 1070. The predicted octanol–water partition coefficient (Wildman–Crippen LogP) is 4.20. The number of nitrogens with one attached hydrogen (secondary N) is 1. The Hall–Kier alpha value is -3.65. The van der Waals surface area contributed by atoms with Gasteiger partial charge in [-0.15, -0.1) is 0 Å². The van der Waals surface area contributed by atoms with Gasteiger partial charge < -0.3 is 20.5 Å². The van der Waals surface area contributed by atoms with Crippen LogP contribution in [0, 0.1) is 0 Å². The highest BCUT2D eigenvalue weighted by molar-refractivity contribution is 7.04. The molecule has 0 aliphatic rings. The number of allylic oxidation sites excluding steroid dienone is 1. The summed E-state index contributed by atoms with van der Waals surface area (Å²) in [5, 5.41) is 5.06. The Labute approximate surface area is 185 Å². The van der Waals surface area contributed by atoms with Crippen LogP contribution in [0.1, 0.15) is 27.7 Å².